The molecule has 2 bridgehead atoms. The molecule has 6 rings (SSSR count). The number of hydrogen-bond donors (Lipinski definition) is 2. The van der Waals surface area contributed by atoms with E-state index < -0.39 is 40.0 Å². The quantitative estimate of drug-likeness (QED) is 0.293. The second kappa shape index (κ2) is 10.9. The highest BCUT2D eigenvalue weighted by molar-refractivity contribution is 8.00. The number of thioether (sulfide) groups is 1. The van der Waals surface area contributed by atoms with Crippen LogP contribution in [0.1, 0.15) is 22.9 Å². The average molecular weight is 575 g/mol. The van der Waals surface area contributed by atoms with Crippen LogP contribution >= 0.6 is 11.8 Å². The molecule has 0 amide bonds. The summed E-state index contributed by atoms with van der Waals surface area (Å²) in [7, 11) is 3.24. The van der Waals surface area contributed by atoms with Crippen LogP contribution in [0.2, 0.25) is 0 Å². The molecule has 2 N–H and O–H groups in total. The first-order valence-electron chi connectivity index (χ1n) is 13.2. The fraction of sp³-hybridized carbons (Fsp3) is 0.290. The number of rotatable bonds is 9. The molecule has 4 atom stereocenters. The number of nitrogens with one attached hydrogen (secondary N) is 1. The van der Waals surface area contributed by atoms with Crippen molar-refractivity contribution < 1.29 is 24.1 Å². The largest absolute Gasteiger partial charge is 0.497 e. The van der Waals surface area contributed by atoms with E-state index in [1.54, 1.807) is 14.2 Å². The summed E-state index contributed by atoms with van der Waals surface area (Å²) in [4.78, 5) is 26.5. The number of aliphatic hydroxyl groups is 1. The Morgan fingerprint density at radius 2 is 1.51 bits per heavy atom. The first-order valence-corrected chi connectivity index (χ1v) is 14.2. The number of hydrogen-bond acceptors (Lipinski definition) is 8. The third-order valence-electron chi connectivity index (χ3n) is 7.84. The van der Waals surface area contributed by atoms with E-state index in [0.717, 1.165) is 16.7 Å². The first kappa shape index (κ1) is 27.3. The summed E-state index contributed by atoms with van der Waals surface area (Å²) in [6, 6.07) is 26.6. The van der Waals surface area contributed by atoms with Crippen molar-refractivity contribution in [2.24, 2.45) is 0 Å². The lowest BCUT2D eigenvalue weighted by Gasteiger charge is -2.40. The highest BCUT2D eigenvalue weighted by atomic mass is 32.2. The predicted molar refractivity (Wildman–Crippen MR) is 155 cm³/mol. The third kappa shape index (κ3) is 4.66. The maximum atomic E-state index is 12.6. The Hall–Kier alpha value is -3.83. The van der Waals surface area contributed by atoms with Gasteiger partial charge in [0.15, 0.2) is 6.23 Å². The molecule has 3 heterocycles. The van der Waals surface area contributed by atoms with Gasteiger partial charge >= 0.3 is 5.69 Å². The van der Waals surface area contributed by atoms with Gasteiger partial charge in [0.1, 0.15) is 28.8 Å². The zero-order chi connectivity index (χ0) is 28.6. The minimum Gasteiger partial charge on any atom is -0.497 e. The summed E-state index contributed by atoms with van der Waals surface area (Å²) >= 11 is 1.52. The topological polar surface area (TPSA) is 112 Å². The van der Waals surface area contributed by atoms with Gasteiger partial charge in [0.2, 0.25) is 0 Å². The lowest BCUT2D eigenvalue weighted by Crippen LogP contribution is -2.48. The van der Waals surface area contributed by atoms with Crippen molar-refractivity contribution in [3.05, 3.63) is 129 Å². The fourth-order valence-corrected chi connectivity index (χ4v) is 7.25. The van der Waals surface area contributed by atoms with Gasteiger partial charge in [-0.3, -0.25) is 14.3 Å². The smallest absolute Gasteiger partial charge is 0.330 e. The summed E-state index contributed by atoms with van der Waals surface area (Å²) in [5, 5.41) is 11.0. The Balaban J connectivity index is 1.44. The number of aliphatic hydroxyl groups excluding tert-OH is 1. The second-order valence-corrected chi connectivity index (χ2v) is 11.3. The highest BCUT2D eigenvalue weighted by Gasteiger charge is 2.62. The van der Waals surface area contributed by atoms with Gasteiger partial charge in [0, 0.05) is 18.0 Å². The monoisotopic (exact) mass is 574 g/mol. The van der Waals surface area contributed by atoms with Crippen LogP contribution in [0.4, 0.5) is 0 Å². The van der Waals surface area contributed by atoms with Crippen LogP contribution < -0.4 is 20.7 Å². The molecule has 3 aromatic carbocycles. The van der Waals surface area contributed by atoms with Crippen LogP contribution in [0.25, 0.3) is 0 Å². The Morgan fingerprint density at radius 1 is 0.927 bits per heavy atom. The lowest BCUT2D eigenvalue weighted by molar-refractivity contribution is -0.149. The van der Waals surface area contributed by atoms with E-state index in [-0.39, 0.29) is 6.61 Å². The van der Waals surface area contributed by atoms with Crippen molar-refractivity contribution >= 4 is 11.8 Å². The number of fused-ring (bicyclic) bond motifs is 2. The molecule has 1 aromatic heterocycles. The number of aromatic nitrogens is 2. The number of nitrogens with zero attached hydrogens (tertiary/aromatic N) is 1. The molecule has 0 unspecified atom stereocenters. The van der Waals surface area contributed by atoms with Crippen molar-refractivity contribution in [3.63, 3.8) is 0 Å². The molecule has 4 aromatic rings. The summed E-state index contributed by atoms with van der Waals surface area (Å²) in [6.07, 6.45) is -0.265. The summed E-state index contributed by atoms with van der Waals surface area (Å²) in [6.45, 7) is 0.0270. The maximum absolute atomic E-state index is 12.6. The lowest BCUT2D eigenvalue weighted by atomic mass is 9.79. The Morgan fingerprint density at radius 3 is 2.07 bits per heavy atom. The minimum atomic E-state index is -1.09. The molecule has 212 valence electrons. The van der Waals surface area contributed by atoms with Gasteiger partial charge in [0.25, 0.3) is 5.56 Å². The van der Waals surface area contributed by atoms with Crippen molar-refractivity contribution in [2.75, 3.05) is 26.6 Å². The molecule has 41 heavy (non-hydrogen) atoms. The predicted octanol–water partition coefficient (Wildman–Crippen LogP) is 3.31. The fourth-order valence-electron chi connectivity index (χ4n) is 5.67. The van der Waals surface area contributed by atoms with Gasteiger partial charge < -0.3 is 24.1 Å². The van der Waals surface area contributed by atoms with Crippen LogP contribution in [-0.4, -0.2) is 58.2 Å². The summed E-state index contributed by atoms with van der Waals surface area (Å²) in [5.41, 5.74) is -0.665. The average Bonchev–Trinajstić information content (AvgIpc) is 3.47. The molecular formula is C31H30N2O7S. The van der Waals surface area contributed by atoms with E-state index in [4.69, 9.17) is 18.9 Å². The van der Waals surface area contributed by atoms with Crippen LogP contribution in [0.15, 0.2) is 101 Å². The molecule has 0 aliphatic carbocycles. The molecule has 10 heteroatoms. The molecular weight excluding hydrogens is 544 g/mol. The third-order valence-corrected chi connectivity index (χ3v) is 9.37. The maximum Gasteiger partial charge on any atom is 0.330 e. The van der Waals surface area contributed by atoms with E-state index in [0.29, 0.717) is 17.3 Å². The second-order valence-electron chi connectivity index (χ2n) is 10.1. The zero-order valence-corrected chi connectivity index (χ0v) is 23.4. The number of methoxy groups -OCH3 is 2. The normalized spacial score (nSPS) is 23.4. The van der Waals surface area contributed by atoms with Gasteiger partial charge in [-0.05, 0) is 41.0 Å². The molecule has 2 fully saturated rings. The Kier molecular flexibility index (Phi) is 7.25. The van der Waals surface area contributed by atoms with Crippen LogP contribution in [0.3, 0.4) is 0 Å². The van der Waals surface area contributed by atoms with Crippen molar-refractivity contribution in [1.82, 2.24) is 9.55 Å². The number of benzene rings is 3. The van der Waals surface area contributed by atoms with Crippen LogP contribution in [0.5, 0.6) is 11.5 Å². The highest BCUT2D eigenvalue weighted by Crippen LogP contribution is 2.53. The first-order chi connectivity index (χ1) is 19.9. The van der Waals surface area contributed by atoms with E-state index in [1.807, 2.05) is 78.9 Å². The molecule has 0 spiro atoms. The standard InChI is InChI=1S/C31H30N2O7S/c1-37-23-12-8-21(9-13-23)31(20-6-4-3-5-7-20,22-10-14-24(38-2)15-11-22)39-18-30-19-41-26(27(30)35)28(40-30)33-17-16-25(34)32-29(33)36/h3-17,26-28,35H,18-19H2,1-2H3,(H,32,34,36)/t26-,27+,28-,30+/m1/s1. The molecule has 0 radical (unpaired) electrons. The van der Waals surface area contributed by atoms with Crippen LogP contribution in [0, 0.1) is 0 Å². The number of H-pyrrole nitrogens is 1. The molecule has 9 nitrogen and oxygen atoms in total. The Labute approximate surface area is 240 Å². The number of ether oxygens (including phenoxy) is 4. The van der Waals surface area contributed by atoms with Crippen LogP contribution in [-0.2, 0) is 15.1 Å². The number of aromatic amines is 1. The van der Waals surface area contributed by atoms with Gasteiger partial charge in [-0.1, -0.05) is 54.6 Å². The molecule has 0 saturated carbocycles. The SMILES string of the molecule is COc1ccc(C(OC[C@@]23CS[C@@H]([C@H](n4ccc(=O)[nH]c4=O)O2)[C@@H]3O)(c2ccccc2)c2ccc(OC)cc2)cc1. The van der Waals surface area contributed by atoms with Gasteiger partial charge in [-0.2, -0.15) is 0 Å². The van der Waals surface area contributed by atoms with E-state index >= 15 is 0 Å². The van der Waals surface area contributed by atoms with Gasteiger partial charge in [-0.25, -0.2) is 4.79 Å². The molecule has 2 saturated heterocycles. The van der Waals surface area contributed by atoms with Gasteiger partial charge in [0.05, 0.1) is 26.1 Å². The van der Waals surface area contributed by atoms with E-state index in [1.165, 1.54) is 28.6 Å². The summed E-state index contributed by atoms with van der Waals surface area (Å²) < 4.78 is 25.6. The molecule has 2 aliphatic rings. The van der Waals surface area contributed by atoms with E-state index in [9.17, 15) is 14.7 Å². The van der Waals surface area contributed by atoms with Crippen molar-refractivity contribution in [1.29, 1.82) is 0 Å². The van der Waals surface area contributed by atoms with Gasteiger partial charge in [-0.15, -0.1) is 11.8 Å². The molecule has 2 aliphatic heterocycles. The van der Waals surface area contributed by atoms with Crippen molar-refractivity contribution in [3.8, 4) is 11.5 Å². The van der Waals surface area contributed by atoms with Crippen molar-refractivity contribution in [2.45, 2.75) is 28.8 Å². The van der Waals surface area contributed by atoms with E-state index in [2.05, 4.69) is 4.98 Å². The minimum absolute atomic E-state index is 0.0270. The summed E-state index contributed by atoms with van der Waals surface area (Å²) in [5.74, 6) is 1.90. The Bertz CT molecular complexity index is 1570. The zero-order valence-electron chi connectivity index (χ0n) is 22.6.